The summed E-state index contributed by atoms with van der Waals surface area (Å²) >= 11 is 0. The minimum Gasteiger partial charge on any atom is -0.404 e. The van der Waals surface area contributed by atoms with E-state index in [0.29, 0.717) is 18.2 Å². The van der Waals surface area contributed by atoms with E-state index < -0.39 is 6.36 Å². The third-order valence-electron chi connectivity index (χ3n) is 4.13. The van der Waals surface area contributed by atoms with Crippen molar-refractivity contribution in [1.82, 2.24) is 0 Å². The van der Waals surface area contributed by atoms with Crippen molar-refractivity contribution in [3.05, 3.63) is 23.8 Å². The molecule has 2 atom stereocenters. The molecule has 1 N–H and O–H groups in total. The van der Waals surface area contributed by atoms with Crippen molar-refractivity contribution in [2.75, 3.05) is 11.9 Å². The Hall–Kier alpha value is -1.39. The molecule has 2 rings (SSSR count). The maximum atomic E-state index is 12.4. The average Bonchev–Trinajstić information content (AvgIpc) is 2.82. The minimum atomic E-state index is -4.65. The van der Waals surface area contributed by atoms with Gasteiger partial charge in [-0.25, -0.2) is 0 Å². The Morgan fingerprint density at radius 3 is 2.76 bits per heavy atom. The summed E-state index contributed by atoms with van der Waals surface area (Å²) in [4.78, 5) is 0. The Kier molecular flexibility index (Phi) is 5.01. The van der Waals surface area contributed by atoms with Gasteiger partial charge >= 0.3 is 6.36 Å². The number of hydrogen-bond donors (Lipinski definition) is 1. The summed E-state index contributed by atoms with van der Waals surface area (Å²) in [5.74, 6) is 0.586. The summed E-state index contributed by atoms with van der Waals surface area (Å²) in [6.07, 6.45) is -0.00177. The van der Waals surface area contributed by atoms with Crippen LogP contribution in [0.1, 0.15) is 51.0 Å². The molecule has 118 valence electrons. The van der Waals surface area contributed by atoms with Crippen molar-refractivity contribution in [3.63, 3.8) is 0 Å². The van der Waals surface area contributed by atoms with Crippen LogP contribution in [0, 0.1) is 5.92 Å². The molecule has 0 saturated carbocycles. The highest BCUT2D eigenvalue weighted by molar-refractivity contribution is 5.67. The lowest BCUT2D eigenvalue weighted by molar-refractivity contribution is -0.274. The second kappa shape index (κ2) is 6.58. The van der Waals surface area contributed by atoms with Gasteiger partial charge < -0.3 is 10.1 Å². The van der Waals surface area contributed by atoms with E-state index in [2.05, 4.69) is 23.9 Å². The SMILES string of the molecule is CCCCCC(C)C1CNc2c(OC(F)(F)F)cccc21. The number of nitrogens with one attached hydrogen (secondary N) is 1. The van der Waals surface area contributed by atoms with E-state index >= 15 is 0 Å². The van der Waals surface area contributed by atoms with Crippen LogP contribution in [0.25, 0.3) is 0 Å². The summed E-state index contributed by atoms with van der Waals surface area (Å²) in [5.41, 5.74) is 1.45. The van der Waals surface area contributed by atoms with E-state index in [0.717, 1.165) is 12.0 Å². The van der Waals surface area contributed by atoms with Crippen LogP contribution in [-0.2, 0) is 0 Å². The van der Waals surface area contributed by atoms with Crippen molar-refractivity contribution < 1.29 is 17.9 Å². The van der Waals surface area contributed by atoms with Gasteiger partial charge in [-0.1, -0.05) is 51.7 Å². The largest absolute Gasteiger partial charge is 0.573 e. The van der Waals surface area contributed by atoms with Crippen LogP contribution in [0.2, 0.25) is 0 Å². The molecule has 0 saturated heterocycles. The summed E-state index contributed by atoms with van der Waals surface area (Å²) < 4.78 is 41.4. The van der Waals surface area contributed by atoms with Gasteiger partial charge in [-0.3, -0.25) is 0 Å². The predicted octanol–water partition coefficient (Wildman–Crippen LogP) is 5.31. The normalized spacial score (nSPS) is 19.0. The van der Waals surface area contributed by atoms with Crippen LogP contribution in [0.4, 0.5) is 18.9 Å². The van der Waals surface area contributed by atoms with Crippen molar-refractivity contribution >= 4 is 5.69 Å². The first-order valence-corrected chi connectivity index (χ1v) is 7.55. The fourth-order valence-corrected chi connectivity index (χ4v) is 3.00. The first kappa shape index (κ1) is 16.0. The number of benzene rings is 1. The number of anilines is 1. The van der Waals surface area contributed by atoms with Gasteiger partial charge in [0.05, 0.1) is 5.69 Å². The summed E-state index contributed by atoms with van der Waals surface area (Å²) in [6.45, 7) is 5.02. The Balaban J connectivity index is 2.11. The number of rotatable bonds is 6. The highest BCUT2D eigenvalue weighted by Gasteiger charge is 2.35. The smallest absolute Gasteiger partial charge is 0.404 e. The lowest BCUT2D eigenvalue weighted by Crippen LogP contribution is -2.17. The molecule has 0 aromatic heterocycles. The van der Waals surface area contributed by atoms with Gasteiger partial charge in [-0.05, 0) is 17.5 Å². The molecular formula is C16H22F3NO. The lowest BCUT2D eigenvalue weighted by Gasteiger charge is -2.19. The molecule has 0 radical (unpaired) electrons. The van der Waals surface area contributed by atoms with Crippen molar-refractivity contribution in [1.29, 1.82) is 0 Å². The summed E-state index contributed by atoms with van der Waals surface area (Å²) in [7, 11) is 0. The zero-order chi connectivity index (χ0) is 15.5. The average molecular weight is 301 g/mol. The van der Waals surface area contributed by atoms with Gasteiger partial charge in [0.1, 0.15) is 0 Å². The first-order chi connectivity index (χ1) is 9.92. The van der Waals surface area contributed by atoms with Crippen molar-refractivity contribution in [3.8, 4) is 5.75 Å². The van der Waals surface area contributed by atoms with Crippen LogP contribution < -0.4 is 10.1 Å². The minimum absolute atomic E-state index is 0.122. The van der Waals surface area contributed by atoms with Gasteiger partial charge in [-0.2, -0.15) is 0 Å². The number of fused-ring (bicyclic) bond motifs is 1. The summed E-state index contributed by atoms with van der Waals surface area (Å²) in [6, 6.07) is 4.90. The molecule has 2 nitrogen and oxygen atoms in total. The van der Waals surface area contributed by atoms with Gasteiger partial charge in [0.2, 0.25) is 0 Å². The third-order valence-corrected chi connectivity index (χ3v) is 4.13. The fourth-order valence-electron chi connectivity index (χ4n) is 3.00. The van der Waals surface area contributed by atoms with E-state index in [4.69, 9.17) is 0 Å². The molecule has 0 fully saturated rings. The Morgan fingerprint density at radius 1 is 1.33 bits per heavy atom. The molecule has 5 heteroatoms. The molecule has 1 aliphatic heterocycles. The fraction of sp³-hybridized carbons (Fsp3) is 0.625. The monoisotopic (exact) mass is 301 g/mol. The highest BCUT2D eigenvalue weighted by atomic mass is 19.4. The molecule has 0 aliphatic carbocycles. The predicted molar refractivity (Wildman–Crippen MR) is 77.7 cm³/mol. The van der Waals surface area contributed by atoms with Gasteiger partial charge in [-0.15, -0.1) is 13.2 Å². The molecule has 1 aromatic carbocycles. The molecule has 0 bridgehead atoms. The maximum Gasteiger partial charge on any atom is 0.573 e. The van der Waals surface area contributed by atoms with Crippen LogP contribution in [0.5, 0.6) is 5.75 Å². The molecule has 0 spiro atoms. The Bertz CT molecular complexity index is 473. The van der Waals surface area contributed by atoms with Gasteiger partial charge in [0.15, 0.2) is 5.75 Å². The quantitative estimate of drug-likeness (QED) is 0.719. The number of hydrogen-bond acceptors (Lipinski definition) is 2. The standard InChI is InChI=1S/C16H22F3NO/c1-3-4-5-7-11(2)13-10-20-15-12(13)8-6-9-14(15)21-16(17,18)19/h6,8-9,11,13,20H,3-5,7,10H2,1-2H3. The molecule has 1 aromatic rings. The summed E-state index contributed by atoms with van der Waals surface area (Å²) in [5, 5.41) is 3.09. The highest BCUT2D eigenvalue weighted by Crippen LogP contribution is 2.44. The Morgan fingerprint density at radius 2 is 2.10 bits per heavy atom. The number of halogens is 3. The topological polar surface area (TPSA) is 21.3 Å². The van der Waals surface area contributed by atoms with Crippen LogP contribution in [0.15, 0.2) is 18.2 Å². The van der Waals surface area contributed by atoms with E-state index in [1.165, 1.54) is 25.3 Å². The Labute approximate surface area is 123 Å². The zero-order valence-electron chi connectivity index (χ0n) is 12.5. The molecule has 1 aliphatic rings. The molecule has 0 amide bonds. The van der Waals surface area contributed by atoms with Gasteiger partial charge in [0, 0.05) is 12.5 Å². The first-order valence-electron chi connectivity index (χ1n) is 7.55. The molecule has 21 heavy (non-hydrogen) atoms. The van der Waals surface area contributed by atoms with Crippen LogP contribution in [-0.4, -0.2) is 12.9 Å². The maximum absolute atomic E-state index is 12.4. The second-order valence-corrected chi connectivity index (χ2v) is 5.73. The second-order valence-electron chi connectivity index (χ2n) is 5.73. The van der Waals surface area contributed by atoms with Crippen molar-refractivity contribution in [2.45, 2.75) is 51.8 Å². The molecular weight excluding hydrogens is 279 g/mol. The third kappa shape index (κ3) is 4.05. The van der Waals surface area contributed by atoms with Crippen LogP contribution >= 0.6 is 0 Å². The van der Waals surface area contributed by atoms with E-state index in [1.807, 2.05) is 6.07 Å². The van der Waals surface area contributed by atoms with Gasteiger partial charge in [0.25, 0.3) is 0 Å². The van der Waals surface area contributed by atoms with E-state index in [-0.39, 0.29) is 11.7 Å². The lowest BCUT2D eigenvalue weighted by atomic mass is 9.85. The number of para-hydroxylation sites is 1. The molecule has 1 heterocycles. The number of ether oxygens (including phenoxy) is 1. The van der Waals surface area contributed by atoms with Crippen LogP contribution in [0.3, 0.4) is 0 Å². The molecule has 2 unspecified atom stereocenters. The van der Waals surface area contributed by atoms with Crippen molar-refractivity contribution in [2.24, 2.45) is 5.92 Å². The zero-order valence-corrected chi connectivity index (χ0v) is 12.5. The van der Waals surface area contributed by atoms with E-state index in [1.54, 1.807) is 6.07 Å². The number of alkyl halides is 3. The van der Waals surface area contributed by atoms with E-state index in [9.17, 15) is 13.2 Å². The number of unbranched alkanes of at least 4 members (excludes halogenated alkanes) is 2.